The highest BCUT2D eigenvalue weighted by atomic mass is 32.1. The van der Waals surface area contributed by atoms with Gasteiger partial charge in [0.25, 0.3) is 0 Å². The van der Waals surface area contributed by atoms with Gasteiger partial charge in [-0.05, 0) is 24.4 Å². The molecule has 2 heterocycles. The van der Waals surface area contributed by atoms with Crippen molar-refractivity contribution in [3.8, 4) is 0 Å². The summed E-state index contributed by atoms with van der Waals surface area (Å²) < 4.78 is 0. The molecular weight excluding hydrogens is 272 g/mol. The van der Waals surface area contributed by atoms with Crippen LogP contribution in [0.5, 0.6) is 0 Å². The molecule has 0 spiro atoms. The molecule has 10 heteroatoms. The zero-order valence-electron chi connectivity index (χ0n) is 10.8. The number of rotatable bonds is 1. The minimum absolute atomic E-state index is 0.0697. The largest absolute Gasteiger partial charge is 0.285 e. The topological polar surface area (TPSA) is 61.1 Å². The predicted octanol–water partition coefficient (Wildman–Crippen LogP) is -2.02. The first-order valence-electron chi connectivity index (χ1n) is 5.47. The molecule has 2 aliphatic heterocycles. The first kappa shape index (κ1) is 13.6. The summed E-state index contributed by atoms with van der Waals surface area (Å²) in [5.74, 6) is 0. The van der Waals surface area contributed by atoms with Crippen LogP contribution in [0.3, 0.4) is 0 Å². The monoisotopic (exact) mass is 290 g/mol. The molecule has 0 radical (unpaired) electrons. The third-order valence-electron chi connectivity index (χ3n) is 2.81. The van der Waals surface area contributed by atoms with E-state index in [0.29, 0.717) is 10.2 Å². The zero-order valence-corrected chi connectivity index (χ0v) is 12.4. The van der Waals surface area contributed by atoms with Crippen LogP contribution >= 0.6 is 24.4 Å². The summed E-state index contributed by atoms with van der Waals surface area (Å²) in [6.07, 6.45) is -0.139. The van der Waals surface area contributed by atoms with Gasteiger partial charge in [-0.25, -0.2) is 21.7 Å². The average Bonchev–Trinajstić information content (AvgIpc) is 2.31. The standard InChI is InChI=1S/C8H18N8S2/c1-13-7(17)14(2)10-5(9-13)6-11-15(3)8(18)16(4)12-6/h5-6,9-12H,1-4H3. The van der Waals surface area contributed by atoms with E-state index in [1.165, 1.54) is 0 Å². The van der Waals surface area contributed by atoms with Gasteiger partial charge in [0.05, 0.1) is 0 Å². The molecule has 18 heavy (non-hydrogen) atoms. The van der Waals surface area contributed by atoms with Crippen LogP contribution in [0.4, 0.5) is 0 Å². The summed E-state index contributed by atoms with van der Waals surface area (Å²) in [4.78, 5) is 0. The fourth-order valence-electron chi connectivity index (χ4n) is 1.86. The maximum Gasteiger partial charge on any atom is 0.200 e. The average molecular weight is 290 g/mol. The second-order valence-electron chi connectivity index (χ2n) is 4.27. The van der Waals surface area contributed by atoms with Crippen molar-refractivity contribution in [1.29, 1.82) is 0 Å². The Morgan fingerprint density at radius 3 is 1.11 bits per heavy atom. The van der Waals surface area contributed by atoms with E-state index in [0.717, 1.165) is 0 Å². The van der Waals surface area contributed by atoms with Gasteiger partial charge in [-0.2, -0.15) is 0 Å². The normalized spacial score (nSPS) is 24.2. The minimum atomic E-state index is -0.0697. The highest BCUT2D eigenvalue weighted by molar-refractivity contribution is 7.80. The van der Waals surface area contributed by atoms with Crippen molar-refractivity contribution in [2.45, 2.75) is 12.3 Å². The number of nitrogens with one attached hydrogen (secondary N) is 4. The van der Waals surface area contributed by atoms with E-state index in [1.807, 2.05) is 28.2 Å². The molecule has 102 valence electrons. The molecule has 2 saturated heterocycles. The predicted molar refractivity (Wildman–Crippen MR) is 76.4 cm³/mol. The van der Waals surface area contributed by atoms with E-state index < -0.39 is 0 Å². The highest BCUT2D eigenvalue weighted by Gasteiger charge is 2.34. The van der Waals surface area contributed by atoms with Gasteiger partial charge < -0.3 is 0 Å². The van der Waals surface area contributed by atoms with Gasteiger partial charge in [-0.1, -0.05) is 0 Å². The lowest BCUT2D eigenvalue weighted by Crippen LogP contribution is -2.78. The third kappa shape index (κ3) is 2.48. The molecule has 8 nitrogen and oxygen atoms in total. The maximum absolute atomic E-state index is 5.21. The van der Waals surface area contributed by atoms with Crippen LogP contribution in [0.2, 0.25) is 0 Å². The second-order valence-corrected chi connectivity index (χ2v) is 5.00. The molecule has 2 fully saturated rings. The Balaban J connectivity index is 2.04. The lowest BCUT2D eigenvalue weighted by molar-refractivity contribution is 0.0315. The Bertz CT molecular complexity index is 301. The smallest absolute Gasteiger partial charge is 0.200 e. The molecule has 0 aromatic carbocycles. The van der Waals surface area contributed by atoms with Crippen molar-refractivity contribution in [1.82, 2.24) is 41.7 Å². The molecule has 0 aromatic rings. The fraction of sp³-hybridized carbons (Fsp3) is 0.750. The summed E-state index contributed by atoms with van der Waals surface area (Å²) in [6.45, 7) is 0. The van der Waals surface area contributed by atoms with Crippen molar-refractivity contribution < 1.29 is 0 Å². The molecule has 0 aliphatic carbocycles. The van der Waals surface area contributed by atoms with Gasteiger partial charge in [-0.15, -0.1) is 0 Å². The van der Waals surface area contributed by atoms with Crippen molar-refractivity contribution >= 4 is 34.7 Å². The Morgan fingerprint density at radius 2 is 0.889 bits per heavy atom. The molecule has 0 amide bonds. The zero-order chi connectivity index (χ0) is 13.4. The van der Waals surface area contributed by atoms with E-state index in [-0.39, 0.29) is 12.3 Å². The molecule has 0 aromatic heterocycles. The molecule has 4 N–H and O–H groups in total. The van der Waals surface area contributed by atoms with Crippen LogP contribution in [0.15, 0.2) is 0 Å². The molecule has 2 rings (SSSR count). The first-order valence-corrected chi connectivity index (χ1v) is 6.29. The van der Waals surface area contributed by atoms with E-state index in [1.54, 1.807) is 20.0 Å². The second kappa shape index (κ2) is 5.07. The van der Waals surface area contributed by atoms with E-state index in [9.17, 15) is 0 Å². The highest BCUT2D eigenvalue weighted by Crippen LogP contribution is 2.05. The van der Waals surface area contributed by atoms with Crippen LogP contribution in [0.25, 0.3) is 0 Å². The van der Waals surface area contributed by atoms with E-state index >= 15 is 0 Å². The van der Waals surface area contributed by atoms with Gasteiger partial charge in [0.1, 0.15) is 12.3 Å². The first-order chi connectivity index (χ1) is 8.40. The Labute approximate surface area is 117 Å². The van der Waals surface area contributed by atoms with E-state index in [2.05, 4.69) is 21.7 Å². The van der Waals surface area contributed by atoms with Crippen LogP contribution in [0.1, 0.15) is 0 Å². The molecular formula is C8H18N8S2. The lowest BCUT2D eigenvalue weighted by atomic mass is 10.4. The van der Waals surface area contributed by atoms with Crippen LogP contribution < -0.4 is 21.7 Å². The lowest BCUT2D eigenvalue weighted by Gasteiger charge is -2.48. The van der Waals surface area contributed by atoms with Crippen molar-refractivity contribution in [2.24, 2.45) is 0 Å². The number of nitrogens with zero attached hydrogens (tertiary/aromatic N) is 4. The molecule has 0 atom stereocenters. The number of hydrazine groups is 4. The maximum atomic E-state index is 5.21. The summed E-state index contributed by atoms with van der Waals surface area (Å²) in [5.41, 5.74) is 13.0. The van der Waals surface area contributed by atoms with Crippen LogP contribution in [-0.2, 0) is 0 Å². The van der Waals surface area contributed by atoms with Gasteiger partial charge >= 0.3 is 0 Å². The van der Waals surface area contributed by atoms with E-state index in [4.69, 9.17) is 24.4 Å². The summed E-state index contributed by atoms with van der Waals surface area (Å²) in [7, 11) is 7.53. The molecule has 0 bridgehead atoms. The van der Waals surface area contributed by atoms with Gasteiger partial charge in [0, 0.05) is 28.2 Å². The number of thiocarbonyl (C=S) groups is 2. The molecule has 0 saturated carbocycles. The Kier molecular flexibility index (Phi) is 3.84. The summed E-state index contributed by atoms with van der Waals surface area (Å²) >= 11 is 10.4. The SMILES string of the molecule is CN1NC(C2NN(C)C(=S)N(C)N2)NN(C)C1=S. The number of hydrogen-bond acceptors (Lipinski definition) is 6. The molecule has 2 aliphatic rings. The summed E-state index contributed by atoms with van der Waals surface area (Å²) in [6, 6.07) is 0. The minimum Gasteiger partial charge on any atom is -0.285 e. The van der Waals surface area contributed by atoms with Crippen molar-refractivity contribution in [3.63, 3.8) is 0 Å². The summed E-state index contributed by atoms with van der Waals surface area (Å²) in [5, 5.41) is 8.55. The van der Waals surface area contributed by atoms with Crippen LogP contribution in [0, 0.1) is 0 Å². The quantitative estimate of drug-likeness (QED) is 0.407. The van der Waals surface area contributed by atoms with Gasteiger partial charge in [0.15, 0.2) is 10.2 Å². The van der Waals surface area contributed by atoms with Crippen molar-refractivity contribution in [2.75, 3.05) is 28.2 Å². The van der Waals surface area contributed by atoms with Crippen molar-refractivity contribution in [3.05, 3.63) is 0 Å². The Morgan fingerprint density at radius 1 is 0.667 bits per heavy atom. The molecule has 0 unspecified atom stereocenters. The number of hydrogen-bond donors (Lipinski definition) is 4. The van der Waals surface area contributed by atoms with Gasteiger partial charge in [-0.3, -0.25) is 20.0 Å². The van der Waals surface area contributed by atoms with Gasteiger partial charge in [0.2, 0.25) is 0 Å². The van der Waals surface area contributed by atoms with Crippen LogP contribution in [-0.4, -0.2) is 70.8 Å². The Hall–Kier alpha value is -0.780. The third-order valence-corrected chi connectivity index (χ3v) is 3.91. The fourth-order valence-corrected chi connectivity index (χ4v) is 2.07.